The molecule has 0 saturated heterocycles. The fourth-order valence-electron chi connectivity index (χ4n) is 2.48. The van der Waals surface area contributed by atoms with Crippen molar-refractivity contribution in [3.8, 4) is 0 Å². The maximum atomic E-state index is 12.1. The molecule has 0 bridgehead atoms. The summed E-state index contributed by atoms with van der Waals surface area (Å²) in [6, 6.07) is 7.28. The highest BCUT2D eigenvalue weighted by molar-refractivity contribution is 5.94. The summed E-state index contributed by atoms with van der Waals surface area (Å²) in [4.78, 5) is 31.8. The van der Waals surface area contributed by atoms with Gasteiger partial charge in [-0.1, -0.05) is 18.6 Å². The summed E-state index contributed by atoms with van der Waals surface area (Å²) < 4.78 is 0. The lowest BCUT2D eigenvalue weighted by atomic mass is 9.69. The van der Waals surface area contributed by atoms with Crippen LogP contribution in [0.3, 0.4) is 0 Å². The molecule has 1 fully saturated rings. The lowest BCUT2D eigenvalue weighted by Gasteiger charge is -2.37. The summed E-state index contributed by atoms with van der Waals surface area (Å²) in [5.41, 5.74) is 0.755. The Bertz CT molecular complexity index is 710. The first-order valence-corrected chi connectivity index (χ1v) is 6.84. The summed E-state index contributed by atoms with van der Waals surface area (Å²) in [7, 11) is 0. The second-order valence-electron chi connectivity index (χ2n) is 5.37. The number of para-hydroxylation sites is 2. The number of nitrogens with one attached hydrogen (secondary N) is 1. The van der Waals surface area contributed by atoms with Crippen LogP contribution in [0.4, 0.5) is 0 Å². The smallest absolute Gasteiger partial charge is 0.311 e. The molecule has 1 aromatic heterocycles. The van der Waals surface area contributed by atoms with E-state index in [2.05, 4.69) is 15.3 Å². The van der Waals surface area contributed by atoms with Crippen LogP contribution in [0.5, 0.6) is 0 Å². The Morgan fingerprint density at radius 1 is 1.24 bits per heavy atom. The van der Waals surface area contributed by atoms with Gasteiger partial charge < -0.3 is 10.4 Å². The van der Waals surface area contributed by atoms with Crippen LogP contribution in [0.25, 0.3) is 11.0 Å². The van der Waals surface area contributed by atoms with Crippen molar-refractivity contribution in [3.05, 3.63) is 36.2 Å². The molecule has 6 nitrogen and oxygen atoms in total. The topological polar surface area (TPSA) is 92.2 Å². The third kappa shape index (κ3) is 2.44. The molecular weight excluding hydrogens is 270 g/mol. The van der Waals surface area contributed by atoms with Crippen LogP contribution in [0.15, 0.2) is 30.5 Å². The van der Waals surface area contributed by atoms with Crippen LogP contribution in [-0.4, -0.2) is 33.5 Å². The van der Waals surface area contributed by atoms with Crippen LogP contribution in [0, 0.1) is 5.41 Å². The number of hydrogen-bond acceptors (Lipinski definition) is 4. The van der Waals surface area contributed by atoms with Gasteiger partial charge in [0.15, 0.2) is 0 Å². The van der Waals surface area contributed by atoms with Gasteiger partial charge in [0.05, 0.1) is 22.6 Å². The molecule has 0 atom stereocenters. The van der Waals surface area contributed by atoms with E-state index in [0.717, 1.165) is 11.9 Å². The van der Waals surface area contributed by atoms with Crippen LogP contribution in [0.1, 0.15) is 29.8 Å². The highest BCUT2D eigenvalue weighted by Crippen LogP contribution is 2.40. The molecule has 2 aromatic rings. The molecule has 0 unspecified atom stereocenters. The number of rotatable bonds is 4. The number of fused-ring (bicyclic) bond motifs is 1. The van der Waals surface area contributed by atoms with Gasteiger partial charge in [0.1, 0.15) is 5.69 Å². The van der Waals surface area contributed by atoms with Crippen molar-refractivity contribution in [2.45, 2.75) is 19.3 Å². The first kappa shape index (κ1) is 13.5. The Kier molecular flexibility index (Phi) is 3.29. The van der Waals surface area contributed by atoms with Crippen molar-refractivity contribution in [2.24, 2.45) is 5.41 Å². The minimum Gasteiger partial charge on any atom is -0.481 e. The normalized spacial score (nSPS) is 16.2. The minimum absolute atomic E-state index is 0.135. The van der Waals surface area contributed by atoms with E-state index < -0.39 is 11.4 Å². The number of amides is 1. The maximum absolute atomic E-state index is 12.1. The summed E-state index contributed by atoms with van der Waals surface area (Å²) >= 11 is 0. The highest BCUT2D eigenvalue weighted by Gasteiger charge is 2.44. The molecule has 0 aliphatic heterocycles. The second kappa shape index (κ2) is 5.12. The van der Waals surface area contributed by atoms with Crippen molar-refractivity contribution in [3.63, 3.8) is 0 Å². The zero-order valence-corrected chi connectivity index (χ0v) is 11.4. The van der Waals surface area contributed by atoms with Crippen LogP contribution in [0.2, 0.25) is 0 Å². The molecular formula is C15H15N3O3. The van der Waals surface area contributed by atoms with E-state index in [-0.39, 0.29) is 18.1 Å². The van der Waals surface area contributed by atoms with Crippen LogP contribution in [-0.2, 0) is 4.79 Å². The maximum Gasteiger partial charge on any atom is 0.311 e. The molecule has 2 N–H and O–H groups in total. The monoisotopic (exact) mass is 285 g/mol. The number of carbonyl (C=O) groups excluding carboxylic acids is 1. The van der Waals surface area contributed by atoms with Crippen LogP contribution >= 0.6 is 0 Å². The van der Waals surface area contributed by atoms with Gasteiger partial charge in [0.2, 0.25) is 0 Å². The fourth-order valence-corrected chi connectivity index (χ4v) is 2.48. The van der Waals surface area contributed by atoms with Gasteiger partial charge in [0, 0.05) is 6.54 Å². The lowest BCUT2D eigenvalue weighted by Crippen LogP contribution is -2.47. The van der Waals surface area contributed by atoms with E-state index >= 15 is 0 Å². The zero-order chi connectivity index (χ0) is 14.9. The largest absolute Gasteiger partial charge is 0.481 e. The summed E-state index contributed by atoms with van der Waals surface area (Å²) in [5.74, 6) is -1.24. The van der Waals surface area contributed by atoms with Crippen molar-refractivity contribution in [1.82, 2.24) is 15.3 Å². The van der Waals surface area contributed by atoms with Gasteiger partial charge in [-0.25, -0.2) is 4.98 Å². The van der Waals surface area contributed by atoms with E-state index in [0.29, 0.717) is 18.4 Å². The van der Waals surface area contributed by atoms with E-state index in [1.54, 1.807) is 6.07 Å². The van der Waals surface area contributed by atoms with E-state index in [4.69, 9.17) is 0 Å². The molecule has 1 aromatic carbocycles. The number of hydrogen-bond donors (Lipinski definition) is 2. The first-order valence-electron chi connectivity index (χ1n) is 6.84. The van der Waals surface area contributed by atoms with Gasteiger partial charge in [-0.3, -0.25) is 14.6 Å². The molecule has 0 radical (unpaired) electrons. The molecule has 1 amide bonds. The molecule has 0 spiro atoms. The molecule has 1 aliphatic rings. The third-order valence-electron chi connectivity index (χ3n) is 4.03. The number of benzene rings is 1. The van der Waals surface area contributed by atoms with Gasteiger partial charge >= 0.3 is 5.97 Å². The Hall–Kier alpha value is -2.50. The molecule has 21 heavy (non-hydrogen) atoms. The number of aromatic nitrogens is 2. The predicted octanol–water partition coefficient (Wildman–Crippen LogP) is 1.61. The Balaban J connectivity index is 1.73. The molecule has 1 aliphatic carbocycles. The summed E-state index contributed by atoms with van der Waals surface area (Å²) in [5, 5.41) is 11.9. The zero-order valence-electron chi connectivity index (χ0n) is 11.4. The fraction of sp³-hybridized carbons (Fsp3) is 0.333. The van der Waals surface area contributed by atoms with E-state index in [9.17, 15) is 14.7 Å². The van der Waals surface area contributed by atoms with Crippen molar-refractivity contribution in [2.75, 3.05) is 6.54 Å². The quantitative estimate of drug-likeness (QED) is 0.890. The number of nitrogens with zero attached hydrogens (tertiary/aromatic N) is 2. The van der Waals surface area contributed by atoms with Gasteiger partial charge in [-0.05, 0) is 25.0 Å². The summed E-state index contributed by atoms with van der Waals surface area (Å²) in [6.07, 6.45) is 3.50. The number of carboxylic acid groups (broad SMARTS) is 1. The number of aliphatic carboxylic acids is 1. The molecule has 6 heteroatoms. The Morgan fingerprint density at radius 2 is 1.95 bits per heavy atom. The van der Waals surface area contributed by atoms with Crippen LogP contribution < -0.4 is 5.32 Å². The predicted molar refractivity (Wildman–Crippen MR) is 75.8 cm³/mol. The number of carbonyl (C=O) groups is 2. The van der Waals surface area contributed by atoms with Crippen molar-refractivity contribution in [1.29, 1.82) is 0 Å². The molecule has 1 heterocycles. The average Bonchev–Trinajstić information content (AvgIpc) is 2.45. The highest BCUT2D eigenvalue weighted by atomic mass is 16.4. The van der Waals surface area contributed by atoms with Gasteiger partial charge in [-0.2, -0.15) is 0 Å². The first-order chi connectivity index (χ1) is 10.1. The molecule has 108 valence electrons. The second-order valence-corrected chi connectivity index (χ2v) is 5.37. The Morgan fingerprint density at radius 3 is 2.57 bits per heavy atom. The minimum atomic E-state index is -0.848. The van der Waals surface area contributed by atoms with Gasteiger partial charge in [-0.15, -0.1) is 0 Å². The number of carboxylic acids is 1. The lowest BCUT2D eigenvalue weighted by molar-refractivity contribution is -0.153. The van der Waals surface area contributed by atoms with Crippen molar-refractivity contribution >= 4 is 22.9 Å². The average molecular weight is 285 g/mol. The van der Waals surface area contributed by atoms with Gasteiger partial charge in [0.25, 0.3) is 5.91 Å². The molecule has 3 rings (SSSR count). The third-order valence-corrected chi connectivity index (χ3v) is 4.03. The SMILES string of the molecule is O=C(NCC1(C(=O)O)CCC1)c1cnc2ccccc2n1. The van der Waals surface area contributed by atoms with E-state index in [1.165, 1.54) is 6.20 Å². The Labute approximate surface area is 121 Å². The summed E-state index contributed by atoms with van der Waals surface area (Å²) in [6.45, 7) is 0.135. The van der Waals surface area contributed by atoms with Crippen molar-refractivity contribution < 1.29 is 14.7 Å². The molecule has 1 saturated carbocycles. The van der Waals surface area contributed by atoms with E-state index in [1.807, 2.05) is 18.2 Å². The standard InChI is InChI=1S/C15H15N3O3/c19-13(17-9-15(14(20)21)6-3-7-15)12-8-16-10-4-1-2-5-11(10)18-12/h1-2,4-5,8H,3,6-7,9H2,(H,17,19)(H,20,21).